The molecular weight excluding hydrogens is 398 g/mol. The number of urea groups is 1. The lowest BCUT2D eigenvalue weighted by Gasteiger charge is -2.11. The third-order valence-electron chi connectivity index (χ3n) is 4.11. The summed E-state index contributed by atoms with van der Waals surface area (Å²) in [6.45, 7) is 3.44. The normalized spacial score (nSPS) is 11.3. The number of imidazole rings is 1. The van der Waals surface area contributed by atoms with Crippen LogP contribution in [0.3, 0.4) is 0 Å². The second kappa shape index (κ2) is 7.95. The molecule has 0 atom stereocenters. The van der Waals surface area contributed by atoms with Crippen molar-refractivity contribution in [1.29, 1.82) is 0 Å². The molecule has 0 bridgehead atoms. The van der Waals surface area contributed by atoms with Crippen molar-refractivity contribution in [3.8, 4) is 11.5 Å². The van der Waals surface area contributed by atoms with E-state index in [4.69, 9.17) is 9.47 Å². The van der Waals surface area contributed by atoms with Gasteiger partial charge in [-0.05, 0) is 25.5 Å². The van der Waals surface area contributed by atoms with Crippen LogP contribution in [0.15, 0.2) is 35.4 Å². The predicted octanol–water partition coefficient (Wildman–Crippen LogP) is 2.13. The molecule has 2 N–H and O–H groups in total. The Labute approximate surface area is 167 Å². The van der Waals surface area contributed by atoms with E-state index in [2.05, 4.69) is 15.4 Å². The van der Waals surface area contributed by atoms with Crippen LogP contribution >= 0.6 is 0 Å². The van der Waals surface area contributed by atoms with Crippen molar-refractivity contribution in [3.63, 3.8) is 0 Å². The van der Waals surface area contributed by atoms with Gasteiger partial charge in [-0.3, -0.25) is 0 Å². The van der Waals surface area contributed by atoms with Crippen molar-refractivity contribution in [2.75, 3.05) is 19.5 Å². The zero-order chi connectivity index (χ0) is 21.2. The molecule has 0 spiro atoms. The summed E-state index contributed by atoms with van der Waals surface area (Å²) in [7, 11) is -1.30. The first kappa shape index (κ1) is 20.4. The molecule has 2 heterocycles. The van der Waals surface area contributed by atoms with Crippen molar-refractivity contribution in [2.24, 2.45) is 0 Å². The highest BCUT2D eigenvalue weighted by atomic mass is 32.2. The number of hydrogen-bond donors (Lipinski definition) is 2. The maximum Gasteiger partial charge on any atom is 0.333 e. The maximum absolute atomic E-state index is 12.9. The summed E-state index contributed by atoms with van der Waals surface area (Å²) in [5, 5.41) is 6.55. The van der Waals surface area contributed by atoms with Gasteiger partial charge in [0, 0.05) is 23.9 Å². The Morgan fingerprint density at radius 2 is 1.79 bits per heavy atom. The standard InChI is InChI=1S/C18H21N5O5S/c1-5-12-6-7-16-19-11(2)17(23(16)21-12)29(25,26)22-18(24)20-13-8-14(27-3)10-15(9-13)28-4/h6-10H,5H2,1-4H3,(H2,20,22,24). The molecule has 0 aliphatic heterocycles. The van der Waals surface area contributed by atoms with E-state index in [1.54, 1.807) is 25.1 Å². The van der Waals surface area contributed by atoms with Gasteiger partial charge in [0.05, 0.1) is 25.6 Å². The van der Waals surface area contributed by atoms with Crippen LogP contribution in [0.5, 0.6) is 11.5 Å². The molecule has 0 radical (unpaired) electrons. The number of fused-ring (bicyclic) bond motifs is 1. The van der Waals surface area contributed by atoms with E-state index >= 15 is 0 Å². The number of anilines is 1. The molecule has 1 aromatic carbocycles. The van der Waals surface area contributed by atoms with Crippen LogP contribution in [0.2, 0.25) is 0 Å². The fourth-order valence-electron chi connectivity index (χ4n) is 2.76. The molecule has 0 aliphatic carbocycles. The molecule has 2 amide bonds. The van der Waals surface area contributed by atoms with E-state index < -0.39 is 16.1 Å². The van der Waals surface area contributed by atoms with E-state index in [9.17, 15) is 13.2 Å². The summed E-state index contributed by atoms with van der Waals surface area (Å²) in [6.07, 6.45) is 0.623. The van der Waals surface area contributed by atoms with E-state index in [1.807, 2.05) is 11.6 Å². The van der Waals surface area contributed by atoms with Crippen LogP contribution in [0.4, 0.5) is 10.5 Å². The Bertz CT molecular complexity index is 1150. The lowest BCUT2D eigenvalue weighted by Crippen LogP contribution is -2.35. The van der Waals surface area contributed by atoms with E-state index in [0.717, 1.165) is 0 Å². The number of carbonyl (C=O) groups is 1. The van der Waals surface area contributed by atoms with E-state index in [1.165, 1.54) is 30.9 Å². The Kier molecular flexibility index (Phi) is 5.59. The number of amides is 2. The molecule has 2 aromatic heterocycles. The van der Waals surface area contributed by atoms with Crippen molar-refractivity contribution in [3.05, 3.63) is 41.7 Å². The average molecular weight is 419 g/mol. The summed E-state index contributed by atoms with van der Waals surface area (Å²) in [5.41, 5.74) is 1.60. The van der Waals surface area contributed by atoms with Gasteiger partial charge in [-0.1, -0.05) is 6.92 Å². The summed E-state index contributed by atoms with van der Waals surface area (Å²) >= 11 is 0. The number of aromatic nitrogens is 3. The third kappa shape index (κ3) is 4.24. The summed E-state index contributed by atoms with van der Waals surface area (Å²) in [4.78, 5) is 16.6. The second-order valence-electron chi connectivity index (χ2n) is 6.11. The minimum Gasteiger partial charge on any atom is -0.497 e. The Hall–Kier alpha value is -3.34. The molecule has 0 saturated carbocycles. The predicted molar refractivity (Wildman–Crippen MR) is 106 cm³/mol. The van der Waals surface area contributed by atoms with Gasteiger partial charge in [-0.25, -0.2) is 14.5 Å². The Morgan fingerprint density at radius 1 is 1.14 bits per heavy atom. The highest BCUT2D eigenvalue weighted by molar-refractivity contribution is 7.90. The lowest BCUT2D eigenvalue weighted by atomic mass is 10.3. The number of hydrogen-bond acceptors (Lipinski definition) is 7. The van der Waals surface area contributed by atoms with Crippen LogP contribution in [0.25, 0.3) is 5.65 Å². The van der Waals surface area contributed by atoms with Crippen LogP contribution in [-0.2, 0) is 16.4 Å². The number of rotatable bonds is 6. The number of sulfonamides is 1. The molecular formula is C18H21N5O5S. The maximum atomic E-state index is 12.9. The summed E-state index contributed by atoms with van der Waals surface area (Å²) < 4.78 is 39.2. The molecule has 0 aliphatic rings. The number of methoxy groups -OCH3 is 2. The molecule has 0 unspecified atom stereocenters. The van der Waals surface area contributed by atoms with Crippen molar-refractivity contribution in [2.45, 2.75) is 25.3 Å². The number of nitrogens with zero attached hydrogens (tertiary/aromatic N) is 3. The lowest BCUT2D eigenvalue weighted by molar-refractivity contribution is 0.256. The number of carbonyl (C=O) groups excluding carboxylic acids is 1. The first-order valence-electron chi connectivity index (χ1n) is 8.69. The minimum atomic E-state index is -4.24. The monoisotopic (exact) mass is 419 g/mol. The average Bonchev–Trinajstić information content (AvgIpc) is 3.02. The molecule has 0 fully saturated rings. The van der Waals surface area contributed by atoms with Crippen molar-refractivity contribution >= 4 is 27.4 Å². The van der Waals surface area contributed by atoms with Gasteiger partial charge < -0.3 is 14.8 Å². The fraction of sp³-hybridized carbons (Fsp3) is 0.278. The molecule has 3 aromatic rings. The number of nitrogens with one attached hydrogen (secondary N) is 2. The van der Waals surface area contributed by atoms with Crippen LogP contribution in [0.1, 0.15) is 18.3 Å². The van der Waals surface area contributed by atoms with Crippen LogP contribution < -0.4 is 19.5 Å². The fourth-order valence-corrected chi connectivity index (χ4v) is 3.95. The van der Waals surface area contributed by atoms with Gasteiger partial charge in [0.25, 0.3) is 10.0 Å². The molecule has 0 saturated heterocycles. The zero-order valence-corrected chi connectivity index (χ0v) is 17.2. The molecule has 11 heteroatoms. The SMILES string of the molecule is CCc1ccc2nc(C)c(S(=O)(=O)NC(=O)Nc3cc(OC)cc(OC)c3)n2n1. The largest absolute Gasteiger partial charge is 0.497 e. The van der Waals surface area contributed by atoms with Gasteiger partial charge in [-0.2, -0.15) is 18.0 Å². The highest BCUT2D eigenvalue weighted by Gasteiger charge is 2.26. The Balaban J connectivity index is 1.89. The number of benzene rings is 1. The molecule has 29 heavy (non-hydrogen) atoms. The summed E-state index contributed by atoms with van der Waals surface area (Å²) in [6, 6.07) is 7.20. The molecule has 154 valence electrons. The van der Waals surface area contributed by atoms with Gasteiger partial charge in [0.1, 0.15) is 11.5 Å². The van der Waals surface area contributed by atoms with Gasteiger partial charge in [-0.15, -0.1) is 0 Å². The first-order valence-corrected chi connectivity index (χ1v) is 10.2. The number of aryl methyl sites for hydroxylation is 2. The zero-order valence-electron chi connectivity index (χ0n) is 16.4. The Morgan fingerprint density at radius 3 is 2.38 bits per heavy atom. The minimum absolute atomic E-state index is 0.193. The second-order valence-corrected chi connectivity index (χ2v) is 7.71. The van der Waals surface area contributed by atoms with Crippen LogP contribution in [-0.4, -0.2) is 43.3 Å². The quantitative estimate of drug-likeness (QED) is 0.627. The molecule has 3 rings (SSSR count). The van der Waals surface area contributed by atoms with Crippen molar-refractivity contribution in [1.82, 2.24) is 19.3 Å². The highest BCUT2D eigenvalue weighted by Crippen LogP contribution is 2.26. The number of ether oxygens (including phenoxy) is 2. The smallest absolute Gasteiger partial charge is 0.333 e. The van der Waals surface area contributed by atoms with E-state index in [-0.39, 0.29) is 10.7 Å². The summed E-state index contributed by atoms with van der Waals surface area (Å²) in [5.74, 6) is 0.882. The topological polar surface area (TPSA) is 124 Å². The van der Waals surface area contributed by atoms with Crippen LogP contribution in [0, 0.1) is 6.92 Å². The third-order valence-corrected chi connectivity index (χ3v) is 5.54. The van der Waals surface area contributed by atoms with Crippen molar-refractivity contribution < 1.29 is 22.7 Å². The van der Waals surface area contributed by atoms with Gasteiger partial charge >= 0.3 is 6.03 Å². The molecule has 10 nitrogen and oxygen atoms in total. The van der Waals surface area contributed by atoms with Gasteiger partial charge in [0.15, 0.2) is 5.65 Å². The van der Waals surface area contributed by atoms with E-state index in [0.29, 0.717) is 34.9 Å². The van der Waals surface area contributed by atoms with Gasteiger partial charge in [0.2, 0.25) is 5.03 Å². The first-order chi connectivity index (χ1) is 13.8.